The highest BCUT2D eigenvalue weighted by Gasteiger charge is 2.17. The number of nitrogens with zero attached hydrogens (tertiary/aromatic N) is 1. The minimum atomic E-state index is 1.15. The van der Waals surface area contributed by atoms with Crippen LogP contribution in [0.15, 0.2) is 212 Å². The Morgan fingerprint density at radius 1 is 0.286 bits per heavy atom. The van der Waals surface area contributed by atoms with Crippen molar-refractivity contribution in [3.63, 3.8) is 0 Å². The van der Waals surface area contributed by atoms with E-state index < -0.39 is 0 Å². The number of thiophene rings is 1. The lowest BCUT2D eigenvalue weighted by Gasteiger charge is -2.14. The van der Waals surface area contributed by atoms with Crippen molar-refractivity contribution in [1.29, 1.82) is 0 Å². The Kier molecular flexibility index (Phi) is 7.75. The summed E-state index contributed by atoms with van der Waals surface area (Å²) >= 11 is 1.89. The van der Waals surface area contributed by atoms with E-state index in [-0.39, 0.29) is 0 Å². The van der Waals surface area contributed by atoms with Gasteiger partial charge in [-0.2, -0.15) is 0 Å². The molecule has 0 bridgehead atoms. The molecule has 2 heterocycles. The Morgan fingerprint density at radius 2 is 0.804 bits per heavy atom. The molecule has 0 atom stereocenters. The van der Waals surface area contributed by atoms with Crippen molar-refractivity contribution in [1.82, 2.24) is 4.57 Å². The zero-order valence-corrected chi connectivity index (χ0v) is 31.4. The Labute approximate surface area is 330 Å². The van der Waals surface area contributed by atoms with E-state index in [0.29, 0.717) is 0 Å². The molecule has 0 aliphatic rings. The second kappa shape index (κ2) is 13.4. The van der Waals surface area contributed by atoms with E-state index in [1.807, 2.05) is 11.3 Å². The fourth-order valence-corrected chi connectivity index (χ4v) is 9.70. The fraction of sp³-hybridized carbons (Fsp3) is 0. The summed E-state index contributed by atoms with van der Waals surface area (Å²) in [6.07, 6.45) is 0. The molecule has 9 aromatic carbocycles. The van der Waals surface area contributed by atoms with Gasteiger partial charge in [0.25, 0.3) is 0 Å². The van der Waals surface area contributed by atoms with Gasteiger partial charge in [-0.3, -0.25) is 0 Å². The molecule has 0 radical (unpaired) electrons. The normalized spacial score (nSPS) is 11.6. The van der Waals surface area contributed by atoms with Gasteiger partial charge in [-0.1, -0.05) is 164 Å². The third kappa shape index (κ3) is 5.54. The summed E-state index contributed by atoms with van der Waals surface area (Å²) in [6.45, 7) is 0. The van der Waals surface area contributed by atoms with E-state index in [4.69, 9.17) is 0 Å². The van der Waals surface area contributed by atoms with Crippen molar-refractivity contribution in [2.24, 2.45) is 0 Å². The largest absolute Gasteiger partial charge is 0.309 e. The van der Waals surface area contributed by atoms with Crippen LogP contribution in [0.3, 0.4) is 0 Å². The highest BCUT2D eigenvalue weighted by Crippen LogP contribution is 2.43. The van der Waals surface area contributed by atoms with E-state index >= 15 is 0 Å². The summed E-state index contributed by atoms with van der Waals surface area (Å²) in [6, 6.07) is 77.7. The topological polar surface area (TPSA) is 4.93 Å². The maximum atomic E-state index is 2.44. The van der Waals surface area contributed by atoms with Crippen molar-refractivity contribution in [2.75, 3.05) is 0 Å². The van der Waals surface area contributed by atoms with Gasteiger partial charge in [0.15, 0.2) is 0 Å². The number of benzene rings is 9. The van der Waals surface area contributed by atoms with E-state index in [1.54, 1.807) is 0 Å². The van der Waals surface area contributed by atoms with E-state index in [2.05, 4.69) is 217 Å². The van der Waals surface area contributed by atoms with Gasteiger partial charge >= 0.3 is 0 Å². The van der Waals surface area contributed by atoms with Crippen molar-refractivity contribution in [3.05, 3.63) is 212 Å². The number of para-hydroxylation sites is 1. The second-order valence-electron chi connectivity index (χ2n) is 14.5. The minimum absolute atomic E-state index is 1.15. The van der Waals surface area contributed by atoms with Crippen molar-refractivity contribution in [2.45, 2.75) is 0 Å². The minimum Gasteiger partial charge on any atom is -0.309 e. The maximum absolute atomic E-state index is 2.44. The van der Waals surface area contributed by atoms with Crippen LogP contribution >= 0.6 is 11.3 Å². The molecular weight excluding hydrogens is 695 g/mol. The first-order valence-electron chi connectivity index (χ1n) is 19.2. The molecule has 2 aromatic heterocycles. The molecule has 11 rings (SSSR count). The van der Waals surface area contributed by atoms with Crippen LogP contribution in [0.2, 0.25) is 0 Å². The molecule has 0 spiro atoms. The molecule has 0 saturated carbocycles. The fourth-order valence-electron chi connectivity index (χ4n) is 8.46. The first kappa shape index (κ1) is 32.4. The number of hydrogen-bond acceptors (Lipinski definition) is 1. The molecule has 0 aliphatic carbocycles. The van der Waals surface area contributed by atoms with Gasteiger partial charge in [-0.05, 0) is 104 Å². The zero-order valence-electron chi connectivity index (χ0n) is 30.6. The summed E-state index contributed by atoms with van der Waals surface area (Å²) in [4.78, 5) is 0. The van der Waals surface area contributed by atoms with Crippen molar-refractivity contribution in [3.8, 4) is 61.3 Å². The standard InChI is InChI=1S/C54H35NS/c1-3-13-36(14-4-1)38-25-27-39(28-26-38)42-31-43(33-44(32-42)46-21-12-22-50-49-20-8-10-24-53(49)56-54(46)50)41-29-30-48-47-19-7-9-23-51(47)55(52(48)35-41)45-18-11-17-40(34-45)37-15-5-2-6-16-37/h1-35H. The van der Waals surface area contributed by atoms with E-state index in [0.717, 1.165) is 5.69 Å². The molecule has 2 heteroatoms. The van der Waals surface area contributed by atoms with Gasteiger partial charge in [0, 0.05) is 36.6 Å². The highest BCUT2D eigenvalue weighted by atomic mass is 32.1. The molecular formula is C54H35NS. The predicted molar refractivity (Wildman–Crippen MR) is 241 cm³/mol. The summed E-state index contributed by atoms with van der Waals surface area (Å²) in [5.74, 6) is 0. The summed E-state index contributed by atoms with van der Waals surface area (Å²) in [5.41, 5.74) is 15.7. The summed E-state index contributed by atoms with van der Waals surface area (Å²) in [5, 5.41) is 5.13. The van der Waals surface area contributed by atoms with Crippen LogP contribution in [0.25, 0.3) is 103 Å². The Bertz CT molecular complexity index is 3220. The molecule has 0 N–H and O–H groups in total. The van der Waals surface area contributed by atoms with Crippen molar-refractivity contribution < 1.29 is 0 Å². The van der Waals surface area contributed by atoms with E-state index in [9.17, 15) is 0 Å². The van der Waals surface area contributed by atoms with Gasteiger partial charge < -0.3 is 4.57 Å². The van der Waals surface area contributed by atoms with Crippen LogP contribution in [0.5, 0.6) is 0 Å². The van der Waals surface area contributed by atoms with E-state index in [1.165, 1.54) is 97.6 Å². The lowest BCUT2D eigenvalue weighted by atomic mass is 9.92. The second-order valence-corrected chi connectivity index (χ2v) is 15.6. The Balaban J connectivity index is 1.12. The van der Waals surface area contributed by atoms with Crippen LogP contribution in [0.1, 0.15) is 0 Å². The van der Waals surface area contributed by atoms with Crippen LogP contribution in [-0.4, -0.2) is 4.57 Å². The van der Waals surface area contributed by atoms with Gasteiger partial charge in [0.2, 0.25) is 0 Å². The highest BCUT2D eigenvalue weighted by molar-refractivity contribution is 7.26. The number of rotatable bonds is 6. The Hall–Kier alpha value is -7.00. The smallest absolute Gasteiger partial charge is 0.0547 e. The monoisotopic (exact) mass is 729 g/mol. The zero-order chi connectivity index (χ0) is 37.0. The van der Waals surface area contributed by atoms with Crippen LogP contribution < -0.4 is 0 Å². The molecule has 0 saturated heterocycles. The molecule has 262 valence electrons. The number of aromatic nitrogens is 1. The molecule has 1 nitrogen and oxygen atoms in total. The van der Waals surface area contributed by atoms with Gasteiger partial charge in [0.1, 0.15) is 0 Å². The molecule has 0 unspecified atom stereocenters. The van der Waals surface area contributed by atoms with Crippen LogP contribution in [0, 0.1) is 0 Å². The van der Waals surface area contributed by atoms with Crippen LogP contribution in [-0.2, 0) is 0 Å². The predicted octanol–water partition coefficient (Wildman–Crippen LogP) is 15.5. The SMILES string of the molecule is c1ccc(-c2ccc(-c3cc(-c4ccc5c6ccccc6n(-c6cccc(-c7ccccc7)c6)c5c4)cc(-c4cccc5c4sc4ccccc45)c3)cc2)cc1. The molecule has 11 aromatic rings. The Morgan fingerprint density at radius 3 is 1.59 bits per heavy atom. The quantitative estimate of drug-likeness (QED) is 0.161. The third-order valence-corrected chi connectivity index (χ3v) is 12.4. The lowest BCUT2D eigenvalue weighted by Crippen LogP contribution is -1.94. The number of hydrogen-bond donors (Lipinski definition) is 0. The van der Waals surface area contributed by atoms with Crippen LogP contribution in [0.4, 0.5) is 0 Å². The third-order valence-electron chi connectivity index (χ3n) is 11.2. The average molecular weight is 730 g/mol. The molecule has 0 amide bonds. The molecule has 0 aliphatic heterocycles. The summed E-state index contributed by atoms with van der Waals surface area (Å²) in [7, 11) is 0. The van der Waals surface area contributed by atoms with Gasteiger partial charge in [-0.15, -0.1) is 11.3 Å². The molecule has 56 heavy (non-hydrogen) atoms. The average Bonchev–Trinajstić information content (AvgIpc) is 3.83. The van der Waals surface area contributed by atoms with Gasteiger partial charge in [-0.25, -0.2) is 0 Å². The maximum Gasteiger partial charge on any atom is 0.0547 e. The summed E-state index contributed by atoms with van der Waals surface area (Å²) < 4.78 is 5.08. The first-order chi connectivity index (χ1) is 27.7. The lowest BCUT2D eigenvalue weighted by molar-refractivity contribution is 1.18. The van der Waals surface area contributed by atoms with Gasteiger partial charge in [0.05, 0.1) is 11.0 Å². The number of fused-ring (bicyclic) bond motifs is 6. The molecule has 0 fully saturated rings. The van der Waals surface area contributed by atoms with Crippen molar-refractivity contribution >= 4 is 53.3 Å². The first-order valence-corrected chi connectivity index (χ1v) is 20.0.